The average Bonchev–Trinajstić information content (AvgIpc) is 3.07. The Morgan fingerprint density at radius 2 is 2.00 bits per heavy atom. The monoisotopic (exact) mass is 376 g/mol. The van der Waals surface area contributed by atoms with E-state index in [0.29, 0.717) is 16.7 Å². The summed E-state index contributed by atoms with van der Waals surface area (Å²) in [5.41, 5.74) is 0.429. The zero-order chi connectivity index (χ0) is 18.5. The first-order valence-electron chi connectivity index (χ1n) is 8.64. The van der Waals surface area contributed by atoms with Gasteiger partial charge in [0.2, 0.25) is 11.8 Å². The molecule has 2 aromatic heterocycles. The molecule has 7 nitrogen and oxygen atoms in total. The van der Waals surface area contributed by atoms with E-state index in [2.05, 4.69) is 15.3 Å². The number of ether oxygens (including phenoxy) is 2. The van der Waals surface area contributed by atoms with Crippen molar-refractivity contribution in [2.24, 2.45) is 7.05 Å². The first-order valence-corrected chi connectivity index (χ1v) is 9.52. The number of aromatic nitrogens is 3. The molecule has 1 fully saturated rings. The van der Waals surface area contributed by atoms with Gasteiger partial charge in [-0.15, -0.1) is 0 Å². The molecule has 26 heavy (non-hydrogen) atoms. The summed E-state index contributed by atoms with van der Waals surface area (Å²) in [6, 6.07) is 3.52. The lowest BCUT2D eigenvalue weighted by Gasteiger charge is -2.28. The Hall–Kier alpha value is -2.22. The summed E-state index contributed by atoms with van der Waals surface area (Å²) in [6.07, 6.45) is 7.81. The highest BCUT2D eigenvalue weighted by Gasteiger charge is 2.25. The number of carbonyl (C=O) groups is 1. The summed E-state index contributed by atoms with van der Waals surface area (Å²) in [7, 11) is 5.04. The van der Waals surface area contributed by atoms with E-state index in [4.69, 9.17) is 9.47 Å². The number of pyridine rings is 1. The lowest BCUT2D eigenvalue weighted by Crippen LogP contribution is -2.38. The second-order valence-corrected chi connectivity index (χ2v) is 7.56. The van der Waals surface area contributed by atoms with Gasteiger partial charge in [-0.1, -0.05) is 11.8 Å². The highest BCUT2D eigenvalue weighted by molar-refractivity contribution is 7.99. The molecule has 0 bridgehead atoms. The van der Waals surface area contributed by atoms with Crippen LogP contribution in [0.5, 0.6) is 11.8 Å². The molecule has 0 atom stereocenters. The van der Waals surface area contributed by atoms with Gasteiger partial charge in [-0.05, 0) is 31.7 Å². The zero-order valence-electron chi connectivity index (χ0n) is 15.3. The van der Waals surface area contributed by atoms with Crippen molar-refractivity contribution in [3.63, 3.8) is 0 Å². The van der Waals surface area contributed by atoms with Crippen LogP contribution in [-0.2, 0) is 7.05 Å². The van der Waals surface area contributed by atoms with Gasteiger partial charge in [0.25, 0.3) is 5.91 Å². The van der Waals surface area contributed by atoms with Gasteiger partial charge in [0.1, 0.15) is 5.56 Å². The predicted octanol–water partition coefficient (Wildman–Crippen LogP) is 2.67. The molecule has 2 heterocycles. The van der Waals surface area contributed by atoms with Crippen molar-refractivity contribution in [3.8, 4) is 11.8 Å². The van der Waals surface area contributed by atoms with E-state index in [1.165, 1.54) is 14.2 Å². The summed E-state index contributed by atoms with van der Waals surface area (Å²) in [5.74, 6) is 0.545. The number of carbonyl (C=O) groups excluding carboxylic acids is 1. The SMILES string of the molecule is COc1ccc(C(=O)NC2CCC(Sc3nccn3C)CC2)c(OC)n1. The van der Waals surface area contributed by atoms with E-state index < -0.39 is 0 Å². The molecule has 0 aromatic carbocycles. The molecule has 1 aliphatic carbocycles. The van der Waals surface area contributed by atoms with E-state index in [0.717, 1.165) is 30.8 Å². The quantitative estimate of drug-likeness (QED) is 0.835. The third kappa shape index (κ3) is 4.30. The van der Waals surface area contributed by atoms with Crippen LogP contribution in [0.2, 0.25) is 0 Å². The van der Waals surface area contributed by atoms with Crippen molar-refractivity contribution in [3.05, 3.63) is 30.1 Å². The molecule has 0 spiro atoms. The molecule has 1 N–H and O–H groups in total. The number of hydrogen-bond donors (Lipinski definition) is 1. The van der Waals surface area contributed by atoms with Crippen LogP contribution in [0.4, 0.5) is 0 Å². The molecule has 1 aliphatic rings. The average molecular weight is 376 g/mol. The van der Waals surface area contributed by atoms with Gasteiger partial charge in [0, 0.05) is 36.8 Å². The summed E-state index contributed by atoms with van der Waals surface area (Å²) in [4.78, 5) is 21.1. The Labute approximate surface area is 157 Å². The number of thioether (sulfide) groups is 1. The highest BCUT2D eigenvalue weighted by atomic mass is 32.2. The maximum Gasteiger partial charge on any atom is 0.256 e. The Kier molecular flexibility index (Phi) is 6.03. The molecule has 2 aromatic rings. The molecule has 1 amide bonds. The number of amides is 1. The number of aryl methyl sites for hydroxylation is 1. The van der Waals surface area contributed by atoms with E-state index in [1.54, 1.807) is 12.1 Å². The van der Waals surface area contributed by atoms with Crippen LogP contribution in [0.25, 0.3) is 0 Å². The van der Waals surface area contributed by atoms with Crippen LogP contribution < -0.4 is 14.8 Å². The first kappa shape index (κ1) is 18.6. The van der Waals surface area contributed by atoms with Crippen LogP contribution in [-0.4, -0.2) is 46.0 Å². The first-order chi connectivity index (χ1) is 12.6. The van der Waals surface area contributed by atoms with Crippen LogP contribution in [0, 0.1) is 0 Å². The largest absolute Gasteiger partial charge is 0.481 e. The van der Waals surface area contributed by atoms with E-state index in [9.17, 15) is 4.79 Å². The van der Waals surface area contributed by atoms with Gasteiger partial charge in [0.15, 0.2) is 5.16 Å². The second kappa shape index (κ2) is 8.44. The summed E-state index contributed by atoms with van der Waals surface area (Å²) in [5, 5.41) is 4.70. The molecule has 140 valence electrons. The van der Waals surface area contributed by atoms with Crippen LogP contribution in [0.1, 0.15) is 36.0 Å². The van der Waals surface area contributed by atoms with Crippen molar-refractivity contribution in [1.82, 2.24) is 19.9 Å². The number of imidazole rings is 1. The minimum Gasteiger partial charge on any atom is -0.481 e. The van der Waals surface area contributed by atoms with Gasteiger partial charge in [-0.2, -0.15) is 4.98 Å². The maximum absolute atomic E-state index is 12.6. The fourth-order valence-electron chi connectivity index (χ4n) is 3.07. The van der Waals surface area contributed by atoms with Crippen LogP contribution >= 0.6 is 11.8 Å². The van der Waals surface area contributed by atoms with E-state index >= 15 is 0 Å². The minimum absolute atomic E-state index is 0.155. The fourth-order valence-corrected chi connectivity index (χ4v) is 4.22. The molecular formula is C18H24N4O3S. The topological polar surface area (TPSA) is 78.3 Å². The van der Waals surface area contributed by atoms with Gasteiger partial charge < -0.3 is 19.4 Å². The molecular weight excluding hydrogens is 352 g/mol. The lowest BCUT2D eigenvalue weighted by molar-refractivity contribution is 0.0924. The van der Waals surface area contributed by atoms with Crippen molar-refractivity contribution >= 4 is 17.7 Å². The third-order valence-electron chi connectivity index (χ3n) is 4.54. The number of rotatable bonds is 6. The molecule has 3 rings (SSSR count). The van der Waals surface area contributed by atoms with E-state index in [1.807, 2.05) is 35.8 Å². The second-order valence-electron chi connectivity index (χ2n) is 6.30. The smallest absolute Gasteiger partial charge is 0.256 e. The standard InChI is InChI=1S/C18H24N4O3S/c1-22-11-10-19-18(22)26-13-6-4-12(5-7-13)20-16(23)14-8-9-15(24-2)21-17(14)25-3/h8-13H,4-7H2,1-3H3,(H,20,23). The molecule has 8 heteroatoms. The van der Waals surface area contributed by atoms with Crippen molar-refractivity contribution in [1.29, 1.82) is 0 Å². The van der Waals surface area contributed by atoms with Gasteiger partial charge >= 0.3 is 0 Å². The molecule has 1 saturated carbocycles. The Bertz CT molecular complexity index is 757. The van der Waals surface area contributed by atoms with Crippen LogP contribution in [0.15, 0.2) is 29.7 Å². The van der Waals surface area contributed by atoms with Gasteiger partial charge in [-0.3, -0.25) is 4.79 Å². The number of nitrogens with zero attached hydrogens (tertiary/aromatic N) is 3. The Balaban J connectivity index is 1.54. The molecule has 0 unspecified atom stereocenters. The fraction of sp³-hybridized carbons (Fsp3) is 0.500. The minimum atomic E-state index is -0.155. The maximum atomic E-state index is 12.6. The van der Waals surface area contributed by atoms with Crippen molar-refractivity contribution in [2.45, 2.75) is 42.1 Å². The highest BCUT2D eigenvalue weighted by Crippen LogP contribution is 2.33. The Morgan fingerprint density at radius 3 is 2.62 bits per heavy atom. The summed E-state index contributed by atoms with van der Waals surface area (Å²) >= 11 is 1.82. The zero-order valence-corrected chi connectivity index (χ0v) is 16.1. The van der Waals surface area contributed by atoms with Crippen molar-refractivity contribution < 1.29 is 14.3 Å². The predicted molar refractivity (Wildman–Crippen MR) is 99.9 cm³/mol. The Morgan fingerprint density at radius 1 is 1.23 bits per heavy atom. The number of nitrogens with one attached hydrogen (secondary N) is 1. The number of hydrogen-bond acceptors (Lipinski definition) is 6. The van der Waals surface area contributed by atoms with Gasteiger partial charge in [-0.25, -0.2) is 4.98 Å². The van der Waals surface area contributed by atoms with E-state index in [-0.39, 0.29) is 17.8 Å². The molecule has 0 saturated heterocycles. The van der Waals surface area contributed by atoms with Crippen molar-refractivity contribution in [2.75, 3.05) is 14.2 Å². The summed E-state index contributed by atoms with van der Waals surface area (Å²) in [6.45, 7) is 0. The normalized spacial score (nSPS) is 19.8. The van der Waals surface area contributed by atoms with Crippen LogP contribution in [0.3, 0.4) is 0 Å². The third-order valence-corrected chi connectivity index (χ3v) is 5.95. The van der Waals surface area contributed by atoms with Gasteiger partial charge in [0.05, 0.1) is 14.2 Å². The summed E-state index contributed by atoms with van der Waals surface area (Å²) < 4.78 is 12.3. The number of methoxy groups -OCH3 is 2. The molecule has 0 aliphatic heterocycles. The molecule has 0 radical (unpaired) electrons. The lowest BCUT2D eigenvalue weighted by atomic mass is 9.95.